The third-order valence-electron chi connectivity index (χ3n) is 7.92. The zero-order valence-corrected chi connectivity index (χ0v) is 22.1. The fraction of sp³-hybridized carbons (Fsp3) is 0.419. The van der Waals surface area contributed by atoms with E-state index in [-0.39, 0.29) is 30.0 Å². The number of nitrogens with one attached hydrogen (secondary N) is 1. The van der Waals surface area contributed by atoms with Gasteiger partial charge in [0.15, 0.2) is 5.71 Å². The summed E-state index contributed by atoms with van der Waals surface area (Å²) in [4.78, 5) is 21.4. The number of ether oxygens (including phenoxy) is 1. The van der Waals surface area contributed by atoms with E-state index >= 15 is 0 Å². The van der Waals surface area contributed by atoms with Gasteiger partial charge in [-0.3, -0.25) is 4.79 Å². The van der Waals surface area contributed by atoms with Gasteiger partial charge >= 0.3 is 0 Å². The SMILES string of the molecule is CC1CC(c2ccc(F)cc2)=CC2=C1C(C(=O)N[C@H](CN1CCC1)[C@H](O)c1ccc(OC3CC3)cc1)=NOC2. The summed E-state index contributed by atoms with van der Waals surface area (Å²) in [6.45, 7) is 4.77. The predicted octanol–water partition coefficient (Wildman–Crippen LogP) is 4.40. The second-order valence-corrected chi connectivity index (χ2v) is 11.0. The van der Waals surface area contributed by atoms with Gasteiger partial charge in [0.2, 0.25) is 0 Å². The summed E-state index contributed by atoms with van der Waals surface area (Å²) >= 11 is 0. The number of benzene rings is 2. The Morgan fingerprint density at radius 1 is 1.18 bits per heavy atom. The fourth-order valence-electron chi connectivity index (χ4n) is 5.50. The lowest BCUT2D eigenvalue weighted by Crippen LogP contribution is -2.52. The monoisotopic (exact) mass is 531 g/mol. The van der Waals surface area contributed by atoms with E-state index in [1.165, 1.54) is 12.1 Å². The van der Waals surface area contributed by atoms with Crippen molar-refractivity contribution in [3.63, 3.8) is 0 Å². The molecule has 0 aromatic heterocycles. The zero-order valence-electron chi connectivity index (χ0n) is 22.1. The van der Waals surface area contributed by atoms with Crippen LogP contribution in [0.25, 0.3) is 5.57 Å². The summed E-state index contributed by atoms with van der Waals surface area (Å²) in [7, 11) is 0. The smallest absolute Gasteiger partial charge is 0.273 e. The number of halogens is 1. The van der Waals surface area contributed by atoms with Gasteiger partial charge in [-0.1, -0.05) is 42.4 Å². The number of carbonyl (C=O) groups is 1. The largest absolute Gasteiger partial charge is 0.490 e. The topological polar surface area (TPSA) is 83.4 Å². The maximum absolute atomic E-state index is 13.6. The van der Waals surface area contributed by atoms with Crippen LogP contribution in [0, 0.1) is 11.7 Å². The number of hydrogen-bond donors (Lipinski definition) is 2. The minimum absolute atomic E-state index is 0.0243. The van der Waals surface area contributed by atoms with Crippen molar-refractivity contribution in [3.05, 3.63) is 82.7 Å². The second kappa shape index (κ2) is 10.9. The van der Waals surface area contributed by atoms with Crippen LogP contribution < -0.4 is 10.1 Å². The molecule has 2 aromatic carbocycles. The first-order chi connectivity index (χ1) is 18.9. The van der Waals surface area contributed by atoms with Crippen LogP contribution in [0.4, 0.5) is 4.39 Å². The molecule has 2 aliphatic heterocycles. The van der Waals surface area contributed by atoms with Crippen LogP contribution in [0.15, 0.2) is 70.9 Å². The average molecular weight is 532 g/mol. The Labute approximate surface area is 228 Å². The molecule has 4 aliphatic rings. The highest BCUT2D eigenvalue weighted by Crippen LogP contribution is 2.37. The Kier molecular flexibility index (Phi) is 7.23. The molecule has 1 saturated heterocycles. The van der Waals surface area contributed by atoms with Gasteiger partial charge in [-0.05, 0) is 96.8 Å². The molecule has 8 heteroatoms. The molecule has 7 nitrogen and oxygen atoms in total. The molecular formula is C31H34FN3O4. The summed E-state index contributed by atoms with van der Waals surface area (Å²) in [5, 5.41) is 18.6. The lowest BCUT2D eigenvalue weighted by molar-refractivity contribution is -0.116. The van der Waals surface area contributed by atoms with Crippen molar-refractivity contribution in [2.45, 2.75) is 50.9 Å². The summed E-state index contributed by atoms with van der Waals surface area (Å²) in [6.07, 6.45) is 5.43. The minimum Gasteiger partial charge on any atom is -0.490 e. The maximum atomic E-state index is 13.6. The van der Waals surface area contributed by atoms with E-state index in [4.69, 9.17) is 9.57 Å². The standard InChI is InChI=1S/C31H34FN3O4/c1-19-15-22(20-3-7-24(32)8-4-20)16-23-18-38-34-29(28(19)23)31(37)33-27(17-35-13-2-14-35)30(36)21-5-9-25(10-6-21)39-26-11-12-26/h3-10,16,19,26-27,30,36H,2,11-15,17-18H2,1H3,(H,33,37)/t19?,27-,30-/m1/s1. The Balaban J connectivity index is 1.21. The van der Waals surface area contributed by atoms with E-state index in [0.717, 1.165) is 65.9 Å². The van der Waals surface area contributed by atoms with Gasteiger partial charge in [-0.2, -0.15) is 0 Å². The van der Waals surface area contributed by atoms with Crippen molar-refractivity contribution >= 4 is 17.2 Å². The third-order valence-corrected chi connectivity index (χ3v) is 7.92. The van der Waals surface area contributed by atoms with Crippen LogP contribution in [0.1, 0.15) is 49.8 Å². The number of hydrogen-bond acceptors (Lipinski definition) is 6. The van der Waals surface area contributed by atoms with Gasteiger partial charge in [0, 0.05) is 6.54 Å². The van der Waals surface area contributed by atoms with Crippen LogP contribution in [-0.4, -0.2) is 60.0 Å². The van der Waals surface area contributed by atoms with E-state index in [1.807, 2.05) is 30.3 Å². The van der Waals surface area contributed by atoms with Gasteiger partial charge in [-0.15, -0.1) is 0 Å². The molecule has 2 heterocycles. The van der Waals surface area contributed by atoms with Crippen LogP contribution in [-0.2, 0) is 9.63 Å². The number of amides is 1. The first-order valence-corrected chi connectivity index (χ1v) is 13.8. The molecule has 0 radical (unpaired) electrons. The van der Waals surface area contributed by atoms with E-state index in [1.54, 1.807) is 12.1 Å². The molecule has 39 heavy (non-hydrogen) atoms. The number of carbonyl (C=O) groups excluding carboxylic acids is 1. The van der Waals surface area contributed by atoms with Crippen molar-refractivity contribution in [2.24, 2.45) is 11.1 Å². The summed E-state index contributed by atoms with van der Waals surface area (Å²) < 4.78 is 19.3. The number of allylic oxidation sites excluding steroid dienone is 1. The molecule has 1 unspecified atom stereocenters. The van der Waals surface area contributed by atoms with Gasteiger partial charge in [0.05, 0.1) is 12.1 Å². The van der Waals surface area contributed by atoms with Gasteiger partial charge in [0.25, 0.3) is 5.91 Å². The molecule has 2 aliphatic carbocycles. The maximum Gasteiger partial charge on any atom is 0.273 e. The fourth-order valence-corrected chi connectivity index (χ4v) is 5.50. The molecule has 2 aromatic rings. The molecular weight excluding hydrogens is 497 g/mol. The van der Waals surface area contributed by atoms with Crippen molar-refractivity contribution in [1.29, 1.82) is 0 Å². The summed E-state index contributed by atoms with van der Waals surface area (Å²) in [6, 6.07) is 13.4. The highest BCUT2D eigenvalue weighted by atomic mass is 19.1. The number of aliphatic hydroxyl groups is 1. The number of nitrogens with zero attached hydrogens (tertiary/aromatic N) is 2. The Bertz CT molecular complexity index is 1310. The Morgan fingerprint density at radius 2 is 1.92 bits per heavy atom. The lowest BCUT2D eigenvalue weighted by atomic mass is 9.79. The molecule has 0 spiro atoms. The highest BCUT2D eigenvalue weighted by Gasteiger charge is 2.35. The zero-order chi connectivity index (χ0) is 26.9. The number of rotatable bonds is 9. The molecule has 6 rings (SSSR count). The second-order valence-electron chi connectivity index (χ2n) is 11.0. The lowest BCUT2D eigenvalue weighted by Gasteiger charge is -2.36. The van der Waals surface area contributed by atoms with Gasteiger partial charge < -0.3 is 24.9 Å². The molecule has 2 N–H and O–H groups in total. The van der Waals surface area contributed by atoms with Crippen LogP contribution in [0.2, 0.25) is 0 Å². The number of likely N-dealkylation sites (tertiary alicyclic amines) is 1. The van der Waals surface area contributed by atoms with Gasteiger partial charge in [0.1, 0.15) is 24.3 Å². The Morgan fingerprint density at radius 3 is 2.59 bits per heavy atom. The van der Waals surface area contributed by atoms with Crippen LogP contribution in [0.5, 0.6) is 5.75 Å². The van der Waals surface area contributed by atoms with E-state index in [0.29, 0.717) is 19.1 Å². The molecule has 0 bridgehead atoms. The molecule has 2 fully saturated rings. The van der Waals surface area contributed by atoms with E-state index < -0.39 is 12.1 Å². The minimum atomic E-state index is -0.892. The normalized spacial score (nSPS) is 22.5. The first kappa shape index (κ1) is 25.8. The average Bonchev–Trinajstić information content (AvgIpc) is 3.74. The van der Waals surface area contributed by atoms with Crippen molar-refractivity contribution in [3.8, 4) is 5.75 Å². The van der Waals surface area contributed by atoms with Crippen LogP contribution in [0.3, 0.4) is 0 Å². The number of aliphatic hydroxyl groups excluding tert-OH is 1. The molecule has 3 atom stereocenters. The van der Waals surface area contributed by atoms with E-state index in [9.17, 15) is 14.3 Å². The van der Waals surface area contributed by atoms with Gasteiger partial charge in [-0.25, -0.2) is 4.39 Å². The third kappa shape index (κ3) is 5.77. The number of oxime groups is 1. The molecule has 204 valence electrons. The predicted molar refractivity (Wildman–Crippen MR) is 147 cm³/mol. The highest BCUT2D eigenvalue weighted by molar-refractivity contribution is 6.45. The molecule has 1 amide bonds. The molecule has 1 saturated carbocycles. The Hall–Kier alpha value is -3.49. The first-order valence-electron chi connectivity index (χ1n) is 13.8. The van der Waals surface area contributed by atoms with E-state index in [2.05, 4.69) is 22.3 Å². The summed E-state index contributed by atoms with van der Waals surface area (Å²) in [5.74, 6) is 0.194. The van der Waals surface area contributed by atoms with Crippen LogP contribution >= 0.6 is 0 Å². The van der Waals surface area contributed by atoms with Crippen molar-refractivity contribution in [2.75, 3.05) is 26.2 Å². The van der Waals surface area contributed by atoms with Crippen molar-refractivity contribution < 1.29 is 23.9 Å². The summed E-state index contributed by atoms with van der Waals surface area (Å²) in [5.41, 5.74) is 4.78. The quantitative estimate of drug-likeness (QED) is 0.501. The van der Waals surface area contributed by atoms with Crippen molar-refractivity contribution in [1.82, 2.24) is 10.2 Å².